The van der Waals surface area contributed by atoms with E-state index in [-0.39, 0.29) is 31.9 Å². The molecule has 1 amide bonds. The topological polar surface area (TPSA) is 66.4 Å². The Hall–Kier alpha value is -1.46. The lowest BCUT2D eigenvalue weighted by molar-refractivity contribution is 0.0696. The molecule has 2 aromatic rings. The first-order valence-electron chi connectivity index (χ1n) is 5.78. The fourth-order valence-corrected chi connectivity index (χ4v) is 2.45. The minimum Gasteiger partial charge on any atom is -0.478 e. The maximum absolute atomic E-state index is 12.1. The number of halogens is 4. The first kappa shape index (κ1) is 16.9. The average Bonchev–Trinajstić information content (AvgIpc) is 2.44. The highest BCUT2D eigenvalue weighted by molar-refractivity contribution is 6.42. The van der Waals surface area contributed by atoms with E-state index in [1.54, 1.807) is 0 Å². The molecule has 0 aromatic heterocycles. The van der Waals surface area contributed by atoms with Crippen molar-refractivity contribution in [1.82, 2.24) is 0 Å². The Labute approximate surface area is 145 Å². The molecule has 0 atom stereocenters. The number of carboxylic acid groups (broad SMARTS) is 1. The van der Waals surface area contributed by atoms with Crippen molar-refractivity contribution in [2.24, 2.45) is 0 Å². The zero-order valence-corrected chi connectivity index (χ0v) is 13.7. The molecule has 0 fully saturated rings. The molecule has 0 aliphatic heterocycles. The number of aromatic carboxylic acids is 1. The second-order valence-electron chi connectivity index (χ2n) is 4.20. The summed E-state index contributed by atoms with van der Waals surface area (Å²) in [6, 6.07) is 6.77. The molecule has 2 aromatic carbocycles. The Morgan fingerprint density at radius 3 is 2.14 bits per heavy atom. The van der Waals surface area contributed by atoms with Crippen molar-refractivity contribution in [3.05, 3.63) is 61.5 Å². The number of nitrogens with one attached hydrogen (secondary N) is 1. The lowest BCUT2D eigenvalue weighted by Gasteiger charge is -2.10. The van der Waals surface area contributed by atoms with Crippen molar-refractivity contribution in [3.63, 3.8) is 0 Å². The first-order chi connectivity index (χ1) is 10.3. The third-order valence-corrected chi connectivity index (χ3v) is 4.08. The summed E-state index contributed by atoms with van der Waals surface area (Å²) in [7, 11) is 0. The van der Waals surface area contributed by atoms with Crippen LogP contribution in [0.2, 0.25) is 20.1 Å². The predicted molar refractivity (Wildman–Crippen MR) is 87.8 cm³/mol. The van der Waals surface area contributed by atoms with Crippen LogP contribution >= 0.6 is 46.4 Å². The van der Waals surface area contributed by atoms with E-state index in [2.05, 4.69) is 5.32 Å². The van der Waals surface area contributed by atoms with Gasteiger partial charge in [0.2, 0.25) is 0 Å². The van der Waals surface area contributed by atoms with Crippen molar-refractivity contribution in [1.29, 1.82) is 0 Å². The van der Waals surface area contributed by atoms with Gasteiger partial charge in [-0.05, 0) is 30.3 Å². The highest BCUT2D eigenvalue weighted by Crippen LogP contribution is 2.30. The Morgan fingerprint density at radius 1 is 0.864 bits per heavy atom. The number of benzene rings is 2. The third-order valence-electron chi connectivity index (χ3n) is 2.72. The quantitative estimate of drug-likeness (QED) is 0.766. The first-order valence-corrected chi connectivity index (χ1v) is 7.29. The molecule has 0 heterocycles. The fourth-order valence-electron chi connectivity index (χ4n) is 1.64. The number of amides is 1. The molecule has 8 heteroatoms. The second kappa shape index (κ2) is 6.75. The number of hydrogen-bond acceptors (Lipinski definition) is 2. The average molecular weight is 379 g/mol. The van der Waals surface area contributed by atoms with E-state index < -0.39 is 11.9 Å². The van der Waals surface area contributed by atoms with Crippen molar-refractivity contribution < 1.29 is 14.7 Å². The van der Waals surface area contributed by atoms with Crippen LogP contribution < -0.4 is 5.32 Å². The SMILES string of the molecule is O=C(Nc1cc(C(=O)O)c(Cl)cc1Cl)c1ccc(Cl)c(Cl)c1. The molecule has 2 N–H and O–H groups in total. The fraction of sp³-hybridized carbons (Fsp3) is 0. The van der Waals surface area contributed by atoms with Crippen molar-refractivity contribution in [2.45, 2.75) is 0 Å². The van der Waals surface area contributed by atoms with Gasteiger partial charge in [0, 0.05) is 5.56 Å². The number of rotatable bonds is 3. The summed E-state index contributed by atoms with van der Waals surface area (Å²) in [5.74, 6) is -1.74. The molecule has 0 saturated heterocycles. The monoisotopic (exact) mass is 377 g/mol. The zero-order chi connectivity index (χ0) is 16.4. The van der Waals surface area contributed by atoms with Gasteiger partial charge >= 0.3 is 5.97 Å². The van der Waals surface area contributed by atoms with Crippen LogP contribution in [0, 0.1) is 0 Å². The standard InChI is InChI=1S/C14H7Cl4NO3/c15-8-2-1-6(3-10(8)17)13(20)19-12-4-7(14(21)22)9(16)5-11(12)18/h1-5H,(H,19,20)(H,21,22). The highest BCUT2D eigenvalue weighted by Gasteiger charge is 2.15. The molecule has 0 spiro atoms. The summed E-state index contributed by atoms with van der Waals surface area (Å²) in [6.07, 6.45) is 0. The summed E-state index contributed by atoms with van der Waals surface area (Å²) in [6.45, 7) is 0. The Bertz CT molecular complexity index is 777. The van der Waals surface area contributed by atoms with Crippen LogP contribution in [0.5, 0.6) is 0 Å². The summed E-state index contributed by atoms with van der Waals surface area (Å²) < 4.78 is 0. The number of carbonyl (C=O) groups excluding carboxylic acids is 1. The van der Waals surface area contributed by atoms with E-state index in [9.17, 15) is 9.59 Å². The molecular formula is C14H7Cl4NO3. The van der Waals surface area contributed by atoms with Gasteiger partial charge in [0.25, 0.3) is 5.91 Å². The largest absolute Gasteiger partial charge is 0.478 e. The number of carboxylic acids is 1. The van der Waals surface area contributed by atoms with Crippen molar-refractivity contribution in [3.8, 4) is 0 Å². The van der Waals surface area contributed by atoms with E-state index in [1.165, 1.54) is 30.3 Å². The molecule has 0 unspecified atom stereocenters. The molecule has 0 bridgehead atoms. The van der Waals surface area contributed by atoms with Crippen LogP contribution in [0.25, 0.3) is 0 Å². The molecular weight excluding hydrogens is 372 g/mol. The van der Waals surface area contributed by atoms with Crippen LogP contribution in [0.15, 0.2) is 30.3 Å². The Kier molecular flexibility index (Phi) is 5.19. The van der Waals surface area contributed by atoms with Gasteiger partial charge in [0.05, 0.1) is 31.3 Å². The Balaban J connectivity index is 2.33. The highest BCUT2D eigenvalue weighted by atomic mass is 35.5. The van der Waals surface area contributed by atoms with E-state index >= 15 is 0 Å². The van der Waals surface area contributed by atoms with Crippen LogP contribution in [0.4, 0.5) is 5.69 Å². The lowest BCUT2D eigenvalue weighted by atomic mass is 10.1. The van der Waals surface area contributed by atoms with Gasteiger partial charge in [-0.25, -0.2) is 4.79 Å². The Morgan fingerprint density at radius 2 is 1.55 bits per heavy atom. The number of hydrogen-bond donors (Lipinski definition) is 2. The van der Waals surface area contributed by atoms with E-state index in [1.807, 2.05) is 0 Å². The maximum Gasteiger partial charge on any atom is 0.337 e. The normalized spacial score (nSPS) is 10.4. The van der Waals surface area contributed by atoms with Crippen molar-refractivity contribution >= 4 is 64.0 Å². The molecule has 0 saturated carbocycles. The third kappa shape index (κ3) is 3.65. The van der Waals surface area contributed by atoms with Gasteiger partial charge < -0.3 is 10.4 Å². The molecule has 22 heavy (non-hydrogen) atoms. The summed E-state index contributed by atoms with van der Waals surface area (Å²) in [5, 5.41) is 12.2. The van der Waals surface area contributed by atoms with Crippen LogP contribution in [-0.4, -0.2) is 17.0 Å². The predicted octanol–water partition coefficient (Wildman–Crippen LogP) is 5.25. The number of anilines is 1. The summed E-state index contributed by atoms with van der Waals surface area (Å²) >= 11 is 23.4. The van der Waals surface area contributed by atoms with Gasteiger partial charge in [-0.3, -0.25) is 4.79 Å². The van der Waals surface area contributed by atoms with E-state index in [0.29, 0.717) is 5.02 Å². The molecule has 0 radical (unpaired) electrons. The van der Waals surface area contributed by atoms with Crippen LogP contribution in [-0.2, 0) is 0 Å². The summed E-state index contributed by atoms with van der Waals surface area (Å²) in [5.41, 5.74) is 0.201. The second-order valence-corrected chi connectivity index (χ2v) is 5.83. The smallest absolute Gasteiger partial charge is 0.337 e. The number of carbonyl (C=O) groups is 2. The van der Waals surface area contributed by atoms with Crippen LogP contribution in [0.3, 0.4) is 0 Å². The van der Waals surface area contributed by atoms with Gasteiger partial charge in [-0.1, -0.05) is 46.4 Å². The summed E-state index contributed by atoms with van der Waals surface area (Å²) in [4.78, 5) is 23.2. The molecule has 0 aliphatic carbocycles. The lowest BCUT2D eigenvalue weighted by Crippen LogP contribution is -2.13. The molecule has 0 aliphatic rings. The van der Waals surface area contributed by atoms with Gasteiger partial charge in [0.15, 0.2) is 0 Å². The van der Waals surface area contributed by atoms with E-state index in [0.717, 1.165) is 0 Å². The molecule has 114 valence electrons. The molecule has 2 rings (SSSR count). The van der Waals surface area contributed by atoms with Crippen molar-refractivity contribution in [2.75, 3.05) is 5.32 Å². The minimum atomic E-state index is -1.23. The van der Waals surface area contributed by atoms with Gasteiger partial charge in [0.1, 0.15) is 0 Å². The minimum absolute atomic E-state index is 0.0231. The van der Waals surface area contributed by atoms with Crippen LogP contribution in [0.1, 0.15) is 20.7 Å². The molecule has 4 nitrogen and oxygen atoms in total. The van der Waals surface area contributed by atoms with Gasteiger partial charge in [-0.15, -0.1) is 0 Å². The van der Waals surface area contributed by atoms with E-state index in [4.69, 9.17) is 51.5 Å². The maximum atomic E-state index is 12.1. The zero-order valence-electron chi connectivity index (χ0n) is 10.7. The van der Waals surface area contributed by atoms with Gasteiger partial charge in [-0.2, -0.15) is 0 Å².